The minimum atomic E-state index is -3.13. The second-order valence-corrected chi connectivity index (χ2v) is 3.61. The molecule has 0 aliphatic carbocycles. The third-order valence-corrected chi connectivity index (χ3v) is 2.34. The van der Waals surface area contributed by atoms with E-state index in [1.807, 2.05) is 0 Å². The van der Waals surface area contributed by atoms with E-state index in [1.54, 1.807) is 0 Å². The zero-order valence-corrected chi connectivity index (χ0v) is 9.80. The molecule has 0 radical (unpaired) electrons. The van der Waals surface area contributed by atoms with Gasteiger partial charge in [-0.25, -0.2) is 13.6 Å². The Labute approximate surface area is 97.8 Å². The normalized spacial score (nSPS) is 11.1. The first-order valence-electron chi connectivity index (χ1n) is 4.89. The summed E-state index contributed by atoms with van der Waals surface area (Å²) in [5, 5.41) is 2.66. The van der Waals surface area contributed by atoms with Gasteiger partial charge < -0.3 is 15.8 Å². The summed E-state index contributed by atoms with van der Waals surface area (Å²) in [6.07, 6.45) is 0. The van der Waals surface area contributed by atoms with Crippen LogP contribution in [0.3, 0.4) is 0 Å². The summed E-state index contributed by atoms with van der Waals surface area (Å²) in [6.45, 7) is 0.721. The van der Waals surface area contributed by atoms with Crippen LogP contribution in [0.5, 0.6) is 0 Å². The zero-order chi connectivity index (χ0) is 13.2. The second-order valence-electron chi connectivity index (χ2n) is 3.61. The highest BCUT2D eigenvalue weighted by molar-refractivity contribution is 5.93. The van der Waals surface area contributed by atoms with Crippen LogP contribution in [0.2, 0.25) is 0 Å². The third-order valence-electron chi connectivity index (χ3n) is 2.34. The van der Waals surface area contributed by atoms with Crippen LogP contribution in [-0.4, -0.2) is 20.1 Å². The highest BCUT2D eigenvalue weighted by Gasteiger charge is 2.29. The van der Waals surface area contributed by atoms with Crippen molar-refractivity contribution in [2.75, 3.05) is 25.2 Å². The first-order valence-corrected chi connectivity index (χ1v) is 4.89. The molecule has 0 unspecified atom stereocenters. The maximum atomic E-state index is 13.3. The molecule has 0 saturated heterocycles. The van der Waals surface area contributed by atoms with E-state index in [0.717, 1.165) is 13.0 Å². The molecule has 6 heteroatoms. The predicted octanol–water partition coefficient (Wildman–Crippen LogP) is 2.21. The monoisotopic (exact) mass is 244 g/mol. The molecule has 0 heterocycles. The van der Waals surface area contributed by atoms with Crippen LogP contribution in [0.1, 0.15) is 22.8 Å². The number of methoxy groups -OCH3 is 1. The molecule has 0 aromatic heterocycles. The number of nitrogen functional groups attached to an aromatic ring is 1. The van der Waals surface area contributed by atoms with Gasteiger partial charge in [-0.3, -0.25) is 0 Å². The van der Waals surface area contributed by atoms with Crippen LogP contribution >= 0.6 is 0 Å². The molecular formula is C11H14F2N2O2. The maximum absolute atomic E-state index is 13.3. The van der Waals surface area contributed by atoms with E-state index in [2.05, 4.69) is 10.1 Å². The highest BCUT2D eigenvalue weighted by atomic mass is 19.3. The summed E-state index contributed by atoms with van der Waals surface area (Å²) < 4.78 is 31.1. The quantitative estimate of drug-likeness (QED) is 0.632. The maximum Gasteiger partial charge on any atom is 0.337 e. The molecule has 4 nitrogen and oxygen atoms in total. The minimum absolute atomic E-state index is 0.0302. The summed E-state index contributed by atoms with van der Waals surface area (Å²) in [7, 11) is 2.71. The van der Waals surface area contributed by atoms with Gasteiger partial charge >= 0.3 is 5.97 Å². The molecule has 0 amide bonds. The Bertz CT molecular complexity index is 442. The Kier molecular flexibility index (Phi) is 3.55. The van der Waals surface area contributed by atoms with Crippen molar-refractivity contribution in [2.45, 2.75) is 12.8 Å². The number of esters is 1. The number of ether oxygens (including phenoxy) is 1. The molecule has 1 rings (SSSR count). The van der Waals surface area contributed by atoms with Crippen molar-refractivity contribution in [1.82, 2.24) is 0 Å². The van der Waals surface area contributed by atoms with Crippen molar-refractivity contribution in [3.05, 3.63) is 23.3 Å². The van der Waals surface area contributed by atoms with Gasteiger partial charge in [0.1, 0.15) is 0 Å². The summed E-state index contributed by atoms with van der Waals surface area (Å²) in [5.41, 5.74) is 5.42. The van der Waals surface area contributed by atoms with Crippen LogP contribution in [0, 0.1) is 0 Å². The molecule has 0 bridgehead atoms. The van der Waals surface area contributed by atoms with E-state index in [-0.39, 0.29) is 16.9 Å². The zero-order valence-electron chi connectivity index (χ0n) is 9.80. The molecule has 0 saturated carbocycles. The predicted molar refractivity (Wildman–Crippen MR) is 61.3 cm³/mol. The van der Waals surface area contributed by atoms with Crippen molar-refractivity contribution in [3.8, 4) is 0 Å². The topological polar surface area (TPSA) is 64.3 Å². The van der Waals surface area contributed by atoms with Gasteiger partial charge in [0.2, 0.25) is 0 Å². The first-order chi connectivity index (χ1) is 7.81. The number of halogens is 2. The number of hydrogen-bond acceptors (Lipinski definition) is 4. The lowest BCUT2D eigenvalue weighted by Gasteiger charge is -2.17. The van der Waals surface area contributed by atoms with Gasteiger partial charge in [0.25, 0.3) is 5.92 Å². The SMILES string of the molecule is CNc1cc(C(=O)OC)cc(C(C)(F)F)c1N. The van der Waals surface area contributed by atoms with Gasteiger partial charge in [-0.05, 0) is 12.1 Å². The van der Waals surface area contributed by atoms with Crippen molar-refractivity contribution in [2.24, 2.45) is 0 Å². The molecule has 1 aromatic rings. The highest BCUT2D eigenvalue weighted by Crippen LogP contribution is 2.36. The second kappa shape index (κ2) is 4.57. The summed E-state index contributed by atoms with van der Waals surface area (Å²) >= 11 is 0. The van der Waals surface area contributed by atoms with Gasteiger partial charge in [-0.2, -0.15) is 0 Å². The first kappa shape index (κ1) is 13.2. The molecule has 3 N–H and O–H groups in total. The Morgan fingerprint density at radius 1 is 1.47 bits per heavy atom. The van der Waals surface area contributed by atoms with E-state index in [9.17, 15) is 13.6 Å². The molecule has 0 fully saturated rings. The minimum Gasteiger partial charge on any atom is -0.465 e. The fraction of sp³-hybridized carbons (Fsp3) is 0.364. The van der Waals surface area contributed by atoms with E-state index in [4.69, 9.17) is 5.73 Å². The van der Waals surface area contributed by atoms with Crippen LogP contribution in [0.15, 0.2) is 12.1 Å². The van der Waals surface area contributed by atoms with Gasteiger partial charge in [0, 0.05) is 19.5 Å². The lowest BCUT2D eigenvalue weighted by Crippen LogP contribution is -2.14. The van der Waals surface area contributed by atoms with E-state index in [1.165, 1.54) is 20.2 Å². The lowest BCUT2D eigenvalue weighted by atomic mass is 10.0. The third kappa shape index (κ3) is 2.64. The molecule has 0 aliphatic rings. The molecule has 1 aromatic carbocycles. The fourth-order valence-corrected chi connectivity index (χ4v) is 1.46. The van der Waals surface area contributed by atoms with Gasteiger partial charge in [0.15, 0.2) is 0 Å². The molecule has 0 aliphatic heterocycles. The van der Waals surface area contributed by atoms with Crippen molar-refractivity contribution < 1.29 is 18.3 Å². The average Bonchev–Trinajstić information content (AvgIpc) is 2.26. The largest absolute Gasteiger partial charge is 0.465 e. The lowest BCUT2D eigenvalue weighted by molar-refractivity contribution is 0.0182. The molecule has 0 atom stereocenters. The number of hydrogen-bond donors (Lipinski definition) is 2. The molecular weight excluding hydrogens is 230 g/mol. The Morgan fingerprint density at radius 3 is 2.47 bits per heavy atom. The standard InChI is InChI=1S/C11H14F2N2O2/c1-11(12,13)7-4-6(10(16)17-3)5-8(15-2)9(7)14/h4-5,15H,14H2,1-3H3. The Balaban J connectivity index is 3.44. The van der Waals surface area contributed by atoms with Crippen LogP contribution in [-0.2, 0) is 10.7 Å². The van der Waals surface area contributed by atoms with Crippen LogP contribution in [0.4, 0.5) is 20.2 Å². The number of anilines is 2. The number of nitrogens with two attached hydrogens (primary N) is 1. The number of carbonyl (C=O) groups is 1. The van der Waals surface area contributed by atoms with Crippen molar-refractivity contribution in [3.63, 3.8) is 0 Å². The molecule has 94 valence electrons. The van der Waals surface area contributed by atoms with Crippen molar-refractivity contribution >= 4 is 17.3 Å². The summed E-state index contributed by atoms with van der Waals surface area (Å²) in [6, 6.07) is 2.42. The summed E-state index contributed by atoms with van der Waals surface area (Å²) in [4.78, 5) is 11.3. The van der Waals surface area contributed by atoms with E-state index >= 15 is 0 Å². The van der Waals surface area contributed by atoms with Crippen molar-refractivity contribution in [1.29, 1.82) is 0 Å². The molecule has 17 heavy (non-hydrogen) atoms. The fourth-order valence-electron chi connectivity index (χ4n) is 1.46. The van der Waals surface area contributed by atoms with Gasteiger partial charge in [-0.15, -0.1) is 0 Å². The Morgan fingerprint density at radius 2 is 2.06 bits per heavy atom. The van der Waals surface area contributed by atoms with Crippen LogP contribution < -0.4 is 11.1 Å². The summed E-state index contributed by atoms with van der Waals surface area (Å²) in [5.74, 6) is -3.81. The van der Waals surface area contributed by atoms with E-state index in [0.29, 0.717) is 0 Å². The van der Waals surface area contributed by atoms with Gasteiger partial charge in [0.05, 0.1) is 24.0 Å². The number of benzene rings is 1. The average molecular weight is 244 g/mol. The van der Waals surface area contributed by atoms with E-state index < -0.39 is 17.5 Å². The smallest absolute Gasteiger partial charge is 0.337 e. The number of rotatable bonds is 3. The number of nitrogens with one attached hydrogen (secondary N) is 1. The number of alkyl halides is 2. The van der Waals surface area contributed by atoms with Crippen LogP contribution in [0.25, 0.3) is 0 Å². The molecule has 0 spiro atoms. The Hall–Kier alpha value is -1.85. The van der Waals surface area contributed by atoms with Gasteiger partial charge in [-0.1, -0.05) is 0 Å². The number of carbonyl (C=O) groups excluding carboxylic acids is 1.